The molecule has 0 aliphatic heterocycles. The minimum atomic E-state index is -0.308. The fraction of sp³-hybridized carbons (Fsp3) is 0.545. The Labute approximate surface area is 105 Å². The van der Waals surface area contributed by atoms with Gasteiger partial charge in [-0.05, 0) is 13.3 Å². The predicted octanol–water partition coefficient (Wildman–Crippen LogP) is 1.52. The maximum Gasteiger partial charge on any atom is 0.251 e. The number of H-pyrrole nitrogens is 1. The van der Waals surface area contributed by atoms with Gasteiger partial charge in [0.15, 0.2) is 5.16 Å². The lowest BCUT2D eigenvalue weighted by Crippen LogP contribution is -2.31. The third-order valence-corrected chi connectivity index (χ3v) is 3.42. The Morgan fingerprint density at radius 1 is 1.65 bits per heavy atom. The van der Waals surface area contributed by atoms with E-state index in [2.05, 4.69) is 9.97 Å². The summed E-state index contributed by atoms with van der Waals surface area (Å²) in [6, 6.07) is 1.46. The summed E-state index contributed by atoms with van der Waals surface area (Å²) in [6.45, 7) is 5.66. The van der Waals surface area contributed by atoms with Crippen LogP contribution >= 0.6 is 11.8 Å². The third kappa shape index (κ3) is 4.22. The second-order valence-corrected chi connectivity index (χ2v) is 5.67. The van der Waals surface area contributed by atoms with Crippen LogP contribution in [0.2, 0.25) is 0 Å². The van der Waals surface area contributed by atoms with Gasteiger partial charge in [-0.15, -0.1) is 0 Å². The van der Waals surface area contributed by atoms with E-state index in [0.717, 1.165) is 12.2 Å². The van der Waals surface area contributed by atoms with Gasteiger partial charge in [0, 0.05) is 22.9 Å². The number of aryl methyl sites for hydroxylation is 1. The molecule has 0 aliphatic carbocycles. The molecule has 1 rings (SSSR count). The number of nitrogens with two attached hydrogens (primary N) is 1. The number of thioether (sulfide) groups is 1. The van der Waals surface area contributed by atoms with Crippen molar-refractivity contribution in [1.29, 1.82) is 5.41 Å². The minimum Gasteiger partial charge on any atom is -0.387 e. The van der Waals surface area contributed by atoms with Gasteiger partial charge >= 0.3 is 0 Å². The summed E-state index contributed by atoms with van der Waals surface area (Å²) in [4.78, 5) is 18.1. The van der Waals surface area contributed by atoms with Crippen LogP contribution in [0.25, 0.3) is 0 Å². The summed E-state index contributed by atoms with van der Waals surface area (Å²) in [5.41, 5.74) is 5.77. The van der Waals surface area contributed by atoms with Crippen LogP contribution in [0.1, 0.15) is 26.0 Å². The number of aromatic nitrogens is 2. The van der Waals surface area contributed by atoms with E-state index in [9.17, 15) is 4.79 Å². The van der Waals surface area contributed by atoms with E-state index in [1.807, 2.05) is 13.8 Å². The fourth-order valence-corrected chi connectivity index (χ4v) is 2.34. The Morgan fingerprint density at radius 3 is 2.82 bits per heavy atom. The quantitative estimate of drug-likeness (QED) is 0.321. The SMILES string of the molecule is Cc1cc(=O)[nH]c(SCCC(C)(C)C(=N)N)n1. The topological polar surface area (TPSA) is 95.6 Å². The van der Waals surface area contributed by atoms with Crippen LogP contribution in [0.3, 0.4) is 0 Å². The van der Waals surface area contributed by atoms with Crippen LogP contribution in [0.4, 0.5) is 0 Å². The molecule has 6 heteroatoms. The largest absolute Gasteiger partial charge is 0.387 e. The van der Waals surface area contributed by atoms with Crippen molar-refractivity contribution < 1.29 is 0 Å². The first-order valence-electron chi connectivity index (χ1n) is 5.36. The van der Waals surface area contributed by atoms with Crippen molar-refractivity contribution in [3.8, 4) is 0 Å². The first-order chi connectivity index (χ1) is 7.81. The average molecular weight is 254 g/mol. The summed E-state index contributed by atoms with van der Waals surface area (Å²) < 4.78 is 0. The van der Waals surface area contributed by atoms with E-state index in [0.29, 0.717) is 10.9 Å². The van der Waals surface area contributed by atoms with Gasteiger partial charge in [0.25, 0.3) is 5.56 Å². The Kier molecular flexibility index (Phi) is 4.34. The van der Waals surface area contributed by atoms with Crippen molar-refractivity contribution in [2.24, 2.45) is 11.1 Å². The molecule has 0 aliphatic rings. The standard InChI is InChI=1S/C11H18N4OS/c1-7-6-8(16)15-10(14-7)17-5-4-11(2,3)9(12)13/h6H,4-5H2,1-3H3,(H3,12,13)(H,14,15,16). The summed E-state index contributed by atoms with van der Waals surface area (Å²) in [7, 11) is 0. The molecule has 0 aromatic carbocycles. The van der Waals surface area contributed by atoms with Crippen LogP contribution < -0.4 is 11.3 Å². The number of nitrogens with zero attached hydrogens (tertiary/aromatic N) is 1. The van der Waals surface area contributed by atoms with Crippen LogP contribution in [-0.2, 0) is 0 Å². The number of hydrogen-bond donors (Lipinski definition) is 3. The van der Waals surface area contributed by atoms with Crippen molar-refractivity contribution in [1.82, 2.24) is 9.97 Å². The normalized spacial score (nSPS) is 11.5. The van der Waals surface area contributed by atoms with E-state index in [-0.39, 0.29) is 16.8 Å². The monoisotopic (exact) mass is 254 g/mol. The lowest BCUT2D eigenvalue weighted by Gasteiger charge is -2.22. The van der Waals surface area contributed by atoms with Gasteiger partial charge in [-0.2, -0.15) is 0 Å². The lowest BCUT2D eigenvalue weighted by molar-refractivity contribution is 0.500. The van der Waals surface area contributed by atoms with Gasteiger partial charge in [-0.25, -0.2) is 4.98 Å². The zero-order chi connectivity index (χ0) is 13.1. The summed E-state index contributed by atoms with van der Waals surface area (Å²) >= 11 is 1.47. The molecule has 0 spiro atoms. The van der Waals surface area contributed by atoms with Gasteiger partial charge < -0.3 is 10.7 Å². The van der Waals surface area contributed by atoms with Crippen LogP contribution in [-0.4, -0.2) is 21.6 Å². The maximum atomic E-state index is 11.2. The molecule has 4 N–H and O–H groups in total. The van der Waals surface area contributed by atoms with Crippen LogP contribution in [0.5, 0.6) is 0 Å². The molecular formula is C11H18N4OS. The Morgan fingerprint density at radius 2 is 2.29 bits per heavy atom. The Balaban J connectivity index is 2.57. The molecule has 0 radical (unpaired) electrons. The molecule has 17 heavy (non-hydrogen) atoms. The van der Waals surface area contributed by atoms with Crippen LogP contribution in [0.15, 0.2) is 16.0 Å². The number of nitrogens with one attached hydrogen (secondary N) is 2. The van der Waals surface area contributed by atoms with Crippen molar-refractivity contribution in [3.63, 3.8) is 0 Å². The molecule has 0 atom stereocenters. The molecule has 94 valence electrons. The molecular weight excluding hydrogens is 236 g/mol. The first kappa shape index (κ1) is 13.8. The van der Waals surface area contributed by atoms with Crippen molar-refractivity contribution in [2.45, 2.75) is 32.3 Å². The summed E-state index contributed by atoms with van der Waals surface area (Å²) in [6.07, 6.45) is 0.769. The summed E-state index contributed by atoms with van der Waals surface area (Å²) in [5.74, 6) is 0.947. The molecule has 0 amide bonds. The zero-order valence-electron chi connectivity index (χ0n) is 10.3. The first-order valence-corrected chi connectivity index (χ1v) is 6.35. The zero-order valence-corrected chi connectivity index (χ0v) is 11.1. The van der Waals surface area contributed by atoms with Crippen molar-refractivity contribution >= 4 is 17.6 Å². The minimum absolute atomic E-state index is 0.133. The van der Waals surface area contributed by atoms with Gasteiger partial charge in [0.2, 0.25) is 0 Å². The van der Waals surface area contributed by atoms with E-state index >= 15 is 0 Å². The molecule has 0 fully saturated rings. The van der Waals surface area contributed by atoms with Gasteiger partial charge in [-0.3, -0.25) is 10.2 Å². The number of amidine groups is 1. The van der Waals surface area contributed by atoms with Crippen molar-refractivity contribution in [3.05, 3.63) is 22.1 Å². The predicted molar refractivity (Wildman–Crippen MR) is 70.6 cm³/mol. The number of hydrogen-bond acceptors (Lipinski definition) is 4. The molecule has 0 saturated carbocycles. The molecule has 5 nitrogen and oxygen atoms in total. The highest BCUT2D eigenvalue weighted by Gasteiger charge is 2.21. The lowest BCUT2D eigenvalue weighted by atomic mass is 9.89. The Bertz CT molecular complexity index is 467. The third-order valence-electron chi connectivity index (χ3n) is 2.54. The van der Waals surface area contributed by atoms with Gasteiger partial charge in [0.1, 0.15) is 0 Å². The maximum absolute atomic E-state index is 11.2. The molecule has 0 unspecified atom stereocenters. The number of aromatic amines is 1. The van der Waals surface area contributed by atoms with Gasteiger partial charge in [-0.1, -0.05) is 25.6 Å². The smallest absolute Gasteiger partial charge is 0.251 e. The van der Waals surface area contributed by atoms with E-state index in [1.165, 1.54) is 17.8 Å². The molecule has 1 aromatic rings. The Hall–Kier alpha value is -1.30. The highest BCUT2D eigenvalue weighted by Crippen LogP contribution is 2.24. The highest BCUT2D eigenvalue weighted by molar-refractivity contribution is 7.99. The second kappa shape index (κ2) is 5.35. The average Bonchev–Trinajstić information content (AvgIpc) is 2.15. The van der Waals surface area contributed by atoms with E-state index in [4.69, 9.17) is 11.1 Å². The van der Waals surface area contributed by atoms with E-state index in [1.54, 1.807) is 6.92 Å². The molecule has 0 bridgehead atoms. The van der Waals surface area contributed by atoms with Gasteiger partial charge in [0.05, 0.1) is 5.84 Å². The molecule has 1 heterocycles. The number of rotatable bonds is 5. The van der Waals surface area contributed by atoms with Crippen LogP contribution in [0, 0.1) is 17.7 Å². The summed E-state index contributed by atoms with van der Waals surface area (Å²) in [5, 5.41) is 8.06. The fourth-order valence-electron chi connectivity index (χ4n) is 1.16. The van der Waals surface area contributed by atoms with E-state index < -0.39 is 0 Å². The second-order valence-electron chi connectivity index (χ2n) is 4.59. The molecule has 1 aromatic heterocycles. The highest BCUT2D eigenvalue weighted by atomic mass is 32.2. The van der Waals surface area contributed by atoms with Crippen molar-refractivity contribution in [2.75, 3.05) is 5.75 Å². The molecule has 0 saturated heterocycles.